The van der Waals surface area contributed by atoms with Gasteiger partial charge in [0.05, 0.1) is 43.7 Å². The van der Waals surface area contributed by atoms with Gasteiger partial charge in [-0.2, -0.15) is 0 Å². The Balaban J connectivity index is 1.09. The molecule has 3 N–H and O–H groups in total. The van der Waals surface area contributed by atoms with E-state index in [0.29, 0.717) is 38.5 Å². The summed E-state index contributed by atoms with van der Waals surface area (Å²) in [4.78, 5) is 38.9. The molecule has 3 unspecified atom stereocenters. The van der Waals surface area contributed by atoms with Crippen LogP contribution in [0.25, 0.3) is 5.65 Å². The Morgan fingerprint density at radius 1 is 1.07 bits per heavy atom. The van der Waals surface area contributed by atoms with Gasteiger partial charge in [-0.1, -0.05) is 0 Å². The monoisotopic (exact) mass is 561 g/mol. The number of nitrogens with one attached hydrogen (secondary N) is 1. The third kappa shape index (κ3) is 5.24. The number of carbonyl (C=O) groups excluding carboxylic acids is 2. The largest absolute Gasteiger partial charge is 0.381 e. The van der Waals surface area contributed by atoms with Crippen LogP contribution in [0.3, 0.4) is 0 Å². The lowest BCUT2D eigenvalue weighted by Crippen LogP contribution is -2.66. The highest BCUT2D eigenvalue weighted by Gasteiger charge is 2.43. The van der Waals surface area contributed by atoms with Gasteiger partial charge < -0.3 is 25.6 Å². The second kappa shape index (κ2) is 11.1. The van der Waals surface area contributed by atoms with Crippen molar-refractivity contribution < 1.29 is 23.1 Å². The van der Waals surface area contributed by atoms with Crippen LogP contribution in [0.4, 0.5) is 14.6 Å². The zero-order valence-electron chi connectivity index (χ0n) is 22.7. The van der Waals surface area contributed by atoms with E-state index in [1.807, 2.05) is 16.8 Å². The van der Waals surface area contributed by atoms with Crippen molar-refractivity contribution >= 4 is 23.3 Å². The molecule has 6 rings (SSSR count). The van der Waals surface area contributed by atoms with Crippen LogP contribution < -0.4 is 11.1 Å². The summed E-state index contributed by atoms with van der Waals surface area (Å²) in [6.45, 7) is 6.65. The quantitative estimate of drug-likeness (QED) is 0.495. The average Bonchev–Trinajstić information content (AvgIpc) is 3.22. The second-order valence-electron chi connectivity index (χ2n) is 11.5. The Morgan fingerprint density at radius 3 is 2.48 bits per heavy atom. The number of amides is 2. The summed E-state index contributed by atoms with van der Waals surface area (Å²) >= 11 is 0. The van der Waals surface area contributed by atoms with Crippen LogP contribution in [-0.2, 0) is 9.53 Å². The smallest absolute Gasteiger partial charge is 0.259 e. The Hall–Kier alpha value is -2.94. The van der Waals surface area contributed by atoms with E-state index < -0.39 is 30.0 Å². The van der Waals surface area contributed by atoms with Gasteiger partial charge in [-0.25, -0.2) is 18.3 Å². The van der Waals surface area contributed by atoms with Crippen molar-refractivity contribution in [1.82, 2.24) is 39.5 Å². The summed E-state index contributed by atoms with van der Waals surface area (Å²) in [7, 11) is 1.82. The van der Waals surface area contributed by atoms with Crippen molar-refractivity contribution in [1.29, 1.82) is 0 Å². The summed E-state index contributed by atoms with van der Waals surface area (Å²) in [5.74, 6) is -1.08. The van der Waals surface area contributed by atoms with E-state index in [0.717, 1.165) is 56.3 Å². The number of fused-ring (bicyclic) bond motifs is 1. The number of rotatable bonds is 5. The number of hydrogen-bond acceptors (Lipinski definition) is 9. The van der Waals surface area contributed by atoms with Gasteiger partial charge in [0.15, 0.2) is 17.3 Å². The number of ether oxygens (including phenoxy) is 1. The van der Waals surface area contributed by atoms with Crippen molar-refractivity contribution in [3.05, 3.63) is 23.8 Å². The highest BCUT2D eigenvalue weighted by molar-refractivity contribution is 6.04. The first-order chi connectivity index (χ1) is 19.3. The maximum atomic E-state index is 15.6. The standard InChI is InChI=1S/C26H37F2N9O3/c1-33-12-19(28)22(20(13-33)31-25(38)21-23(29)32-37-11-17(27)10-30-24(21)37)35-4-2-16(3-5-35)26(39)36-8-6-34(7-9-36)18-14-40-15-18/h10-11,16,18-20,22H,2-9,12-15H2,1H3,(H2,29,32)(H,31,38). The third-order valence-electron chi connectivity index (χ3n) is 8.85. The molecular formula is C26H37F2N9O3. The van der Waals surface area contributed by atoms with Gasteiger partial charge in [-0.15, -0.1) is 5.10 Å². The summed E-state index contributed by atoms with van der Waals surface area (Å²) in [5.41, 5.74) is 6.16. The molecule has 2 amide bonds. The minimum absolute atomic E-state index is 0.0385. The predicted molar refractivity (Wildman–Crippen MR) is 142 cm³/mol. The minimum atomic E-state index is -1.19. The number of nitrogen functional groups attached to an aromatic ring is 1. The molecule has 4 aliphatic heterocycles. The number of carbonyl (C=O) groups is 2. The SMILES string of the molecule is CN1CC(F)C(N2CCC(C(=O)N3CCN(C4COC4)CC3)CC2)C(NC(=O)c2c(N)nn3cc(F)cnc23)C1. The van der Waals surface area contributed by atoms with Gasteiger partial charge in [0.2, 0.25) is 5.91 Å². The fourth-order valence-corrected chi connectivity index (χ4v) is 6.62. The van der Waals surface area contributed by atoms with Gasteiger partial charge in [-0.05, 0) is 33.0 Å². The number of likely N-dealkylation sites (N-methyl/N-ethyl adjacent to an activating group) is 1. The Bertz CT molecular complexity index is 1240. The number of halogens is 2. The molecule has 2 aromatic heterocycles. The Kier molecular flexibility index (Phi) is 7.59. The Labute approximate surface area is 231 Å². The first-order valence-electron chi connectivity index (χ1n) is 14.1. The van der Waals surface area contributed by atoms with E-state index in [2.05, 4.69) is 25.2 Å². The van der Waals surface area contributed by atoms with Crippen LogP contribution in [0.2, 0.25) is 0 Å². The molecule has 2 aromatic rings. The summed E-state index contributed by atoms with van der Waals surface area (Å²) in [6.07, 6.45) is 2.22. The van der Waals surface area contributed by atoms with E-state index in [1.54, 1.807) is 0 Å². The number of hydrogen-bond donors (Lipinski definition) is 2. The zero-order valence-corrected chi connectivity index (χ0v) is 22.7. The maximum absolute atomic E-state index is 15.6. The molecule has 0 radical (unpaired) electrons. The Morgan fingerprint density at radius 2 is 1.80 bits per heavy atom. The average molecular weight is 562 g/mol. The van der Waals surface area contributed by atoms with E-state index >= 15 is 4.39 Å². The molecular weight excluding hydrogens is 524 g/mol. The molecule has 14 heteroatoms. The molecule has 0 bridgehead atoms. The molecule has 40 heavy (non-hydrogen) atoms. The number of alkyl halides is 1. The molecule has 0 aromatic carbocycles. The van der Waals surface area contributed by atoms with Gasteiger partial charge in [0.1, 0.15) is 11.7 Å². The number of piperidine rings is 2. The predicted octanol–water partition coefficient (Wildman–Crippen LogP) is -0.544. The van der Waals surface area contributed by atoms with Crippen LogP contribution >= 0.6 is 0 Å². The first-order valence-corrected chi connectivity index (χ1v) is 14.1. The number of nitrogens with two attached hydrogens (primary N) is 1. The summed E-state index contributed by atoms with van der Waals surface area (Å²) < 4.78 is 35.6. The van der Waals surface area contributed by atoms with E-state index in [4.69, 9.17) is 10.5 Å². The molecule has 218 valence electrons. The molecule has 0 saturated carbocycles. The van der Waals surface area contributed by atoms with Crippen molar-refractivity contribution in [3.63, 3.8) is 0 Å². The van der Waals surface area contributed by atoms with Crippen LogP contribution in [0.5, 0.6) is 0 Å². The molecule has 12 nitrogen and oxygen atoms in total. The van der Waals surface area contributed by atoms with Gasteiger partial charge >= 0.3 is 0 Å². The minimum Gasteiger partial charge on any atom is -0.381 e. The van der Waals surface area contributed by atoms with Gasteiger partial charge in [-0.3, -0.25) is 19.4 Å². The van der Waals surface area contributed by atoms with Crippen LogP contribution in [-0.4, -0.2) is 143 Å². The molecule has 4 fully saturated rings. The lowest BCUT2D eigenvalue weighted by molar-refractivity contribution is -0.141. The molecule has 4 saturated heterocycles. The summed E-state index contributed by atoms with van der Waals surface area (Å²) in [5, 5.41) is 6.97. The van der Waals surface area contributed by atoms with Gasteiger partial charge in [0, 0.05) is 45.2 Å². The molecule has 0 spiro atoms. The molecule has 6 heterocycles. The third-order valence-corrected chi connectivity index (χ3v) is 8.85. The van der Waals surface area contributed by atoms with E-state index in [9.17, 15) is 14.0 Å². The second-order valence-corrected chi connectivity index (χ2v) is 11.5. The number of likely N-dealkylation sites (tertiary alicyclic amines) is 2. The topological polar surface area (TPSA) is 125 Å². The first kappa shape index (κ1) is 27.2. The van der Waals surface area contributed by atoms with Crippen LogP contribution in [0, 0.1) is 11.7 Å². The summed E-state index contributed by atoms with van der Waals surface area (Å²) in [6, 6.07) is -0.578. The number of anilines is 1. The number of piperazine rings is 1. The van der Waals surface area contributed by atoms with E-state index in [1.165, 1.54) is 0 Å². The normalized spacial score (nSPS) is 28.1. The highest BCUT2D eigenvalue weighted by Crippen LogP contribution is 2.28. The van der Waals surface area contributed by atoms with Gasteiger partial charge in [0.25, 0.3) is 5.91 Å². The number of nitrogens with zero attached hydrogens (tertiary/aromatic N) is 7. The van der Waals surface area contributed by atoms with Crippen molar-refractivity contribution in [2.75, 3.05) is 78.4 Å². The lowest BCUT2D eigenvalue weighted by Gasteiger charge is -2.47. The van der Waals surface area contributed by atoms with Crippen molar-refractivity contribution in [2.45, 2.75) is 37.1 Å². The lowest BCUT2D eigenvalue weighted by atomic mass is 9.89. The fraction of sp³-hybridized carbons (Fsp3) is 0.692. The maximum Gasteiger partial charge on any atom is 0.259 e. The molecule has 4 aliphatic rings. The van der Waals surface area contributed by atoms with Crippen LogP contribution in [0.15, 0.2) is 12.4 Å². The van der Waals surface area contributed by atoms with Crippen molar-refractivity contribution in [2.24, 2.45) is 5.92 Å². The zero-order chi connectivity index (χ0) is 28.0. The fourth-order valence-electron chi connectivity index (χ4n) is 6.62. The number of aromatic nitrogens is 3. The van der Waals surface area contributed by atoms with Crippen molar-refractivity contribution in [3.8, 4) is 0 Å². The van der Waals surface area contributed by atoms with E-state index in [-0.39, 0.29) is 35.4 Å². The molecule has 3 atom stereocenters. The molecule has 0 aliphatic carbocycles. The van der Waals surface area contributed by atoms with Crippen LogP contribution in [0.1, 0.15) is 23.2 Å². The highest BCUT2D eigenvalue weighted by atomic mass is 19.1.